The van der Waals surface area contributed by atoms with E-state index in [0.717, 1.165) is 54.9 Å². The van der Waals surface area contributed by atoms with Crippen molar-refractivity contribution in [3.05, 3.63) is 41.2 Å². The third-order valence-electron chi connectivity index (χ3n) is 5.69. The van der Waals surface area contributed by atoms with Gasteiger partial charge in [-0.3, -0.25) is 4.79 Å². The Morgan fingerprint density at radius 1 is 1.07 bits per heavy atom. The average Bonchev–Trinajstić information content (AvgIpc) is 2.73. The van der Waals surface area contributed by atoms with Crippen molar-refractivity contribution >= 4 is 11.7 Å². The van der Waals surface area contributed by atoms with Crippen LogP contribution in [0, 0.1) is 0 Å². The number of hydrogen-bond acceptors (Lipinski definition) is 7. The van der Waals surface area contributed by atoms with Crippen LogP contribution in [0.1, 0.15) is 34.0 Å². The molecule has 1 atom stereocenters. The smallest absolute Gasteiger partial charge is 0.225 e. The van der Waals surface area contributed by atoms with E-state index in [1.807, 2.05) is 18.2 Å². The molecule has 148 valence electrons. The molecule has 0 amide bonds. The molecule has 1 aliphatic heterocycles. The summed E-state index contributed by atoms with van der Waals surface area (Å²) < 4.78 is 10.8. The van der Waals surface area contributed by atoms with E-state index in [9.17, 15) is 4.79 Å². The second kappa shape index (κ2) is 7.75. The van der Waals surface area contributed by atoms with E-state index in [-0.39, 0.29) is 11.7 Å². The molecule has 2 aromatic rings. The average molecular weight is 382 g/mol. The number of ketones is 1. The van der Waals surface area contributed by atoms with Gasteiger partial charge >= 0.3 is 0 Å². The van der Waals surface area contributed by atoms with E-state index in [1.54, 1.807) is 20.4 Å². The SMILES string of the molecule is COc1ccc(C2CC(=O)c3cnc(N4CCN(C)CC4)nc3C2)c(OC)c1. The van der Waals surface area contributed by atoms with Crippen molar-refractivity contribution in [3.8, 4) is 11.5 Å². The van der Waals surface area contributed by atoms with E-state index < -0.39 is 0 Å². The highest BCUT2D eigenvalue weighted by Gasteiger charge is 2.30. The molecule has 2 heterocycles. The molecule has 0 spiro atoms. The number of methoxy groups -OCH3 is 2. The molecule has 1 aliphatic carbocycles. The monoisotopic (exact) mass is 382 g/mol. The van der Waals surface area contributed by atoms with E-state index in [0.29, 0.717) is 18.4 Å². The van der Waals surface area contributed by atoms with Crippen LogP contribution in [0.3, 0.4) is 0 Å². The Labute approximate surface area is 165 Å². The first-order chi connectivity index (χ1) is 13.6. The van der Waals surface area contributed by atoms with Gasteiger partial charge in [0, 0.05) is 50.8 Å². The van der Waals surface area contributed by atoms with Crippen molar-refractivity contribution in [2.75, 3.05) is 52.3 Å². The van der Waals surface area contributed by atoms with Gasteiger partial charge in [0.05, 0.1) is 25.5 Å². The summed E-state index contributed by atoms with van der Waals surface area (Å²) in [6.07, 6.45) is 2.85. The van der Waals surface area contributed by atoms with Gasteiger partial charge in [-0.1, -0.05) is 6.07 Å². The van der Waals surface area contributed by atoms with Crippen LogP contribution in [-0.4, -0.2) is 68.1 Å². The third-order valence-corrected chi connectivity index (χ3v) is 5.69. The molecule has 7 heteroatoms. The van der Waals surface area contributed by atoms with E-state index in [4.69, 9.17) is 14.5 Å². The molecule has 1 fully saturated rings. The molecule has 1 unspecified atom stereocenters. The lowest BCUT2D eigenvalue weighted by Crippen LogP contribution is -2.45. The summed E-state index contributed by atoms with van der Waals surface area (Å²) in [5.41, 5.74) is 2.51. The van der Waals surface area contributed by atoms with Gasteiger partial charge in [0.15, 0.2) is 5.78 Å². The molecule has 2 aliphatic rings. The number of likely N-dealkylation sites (N-methyl/N-ethyl adjacent to an activating group) is 1. The number of fused-ring (bicyclic) bond motifs is 1. The number of aromatic nitrogens is 2. The van der Waals surface area contributed by atoms with Crippen molar-refractivity contribution in [1.29, 1.82) is 0 Å². The zero-order valence-electron chi connectivity index (χ0n) is 16.6. The number of carbonyl (C=O) groups is 1. The first kappa shape index (κ1) is 18.7. The number of Topliss-reactive ketones (excluding diaryl/α,β-unsaturated/α-hetero) is 1. The predicted molar refractivity (Wildman–Crippen MR) is 107 cm³/mol. The normalized spacial score (nSPS) is 20.0. The number of rotatable bonds is 4. The zero-order valence-corrected chi connectivity index (χ0v) is 16.6. The van der Waals surface area contributed by atoms with Gasteiger partial charge in [0.25, 0.3) is 0 Å². The highest BCUT2D eigenvalue weighted by Crippen LogP contribution is 2.38. The minimum Gasteiger partial charge on any atom is -0.497 e. The minimum absolute atomic E-state index is 0.0381. The largest absolute Gasteiger partial charge is 0.497 e. The summed E-state index contributed by atoms with van der Waals surface area (Å²) in [5, 5.41) is 0. The van der Waals surface area contributed by atoms with Crippen LogP contribution in [0.5, 0.6) is 11.5 Å². The van der Waals surface area contributed by atoms with Gasteiger partial charge in [0.1, 0.15) is 11.5 Å². The van der Waals surface area contributed by atoms with E-state index >= 15 is 0 Å². The molecule has 0 radical (unpaired) electrons. The molecular formula is C21H26N4O3. The Morgan fingerprint density at radius 2 is 1.86 bits per heavy atom. The topological polar surface area (TPSA) is 67.8 Å². The van der Waals surface area contributed by atoms with Crippen molar-refractivity contribution < 1.29 is 14.3 Å². The van der Waals surface area contributed by atoms with Crippen LogP contribution in [-0.2, 0) is 6.42 Å². The maximum absolute atomic E-state index is 12.8. The number of carbonyl (C=O) groups excluding carboxylic acids is 1. The number of nitrogens with zero attached hydrogens (tertiary/aromatic N) is 4. The maximum atomic E-state index is 12.8. The van der Waals surface area contributed by atoms with Gasteiger partial charge < -0.3 is 19.3 Å². The Hall–Kier alpha value is -2.67. The van der Waals surface area contributed by atoms with Crippen LogP contribution in [0.2, 0.25) is 0 Å². The van der Waals surface area contributed by atoms with Gasteiger partial charge in [-0.15, -0.1) is 0 Å². The summed E-state index contributed by atoms with van der Waals surface area (Å²) in [6.45, 7) is 3.79. The Balaban J connectivity index is 1.62. The summed E-state index contributed by atoms with van der Waals surface area (Å²) in [6, 6.07) is 5.77. The lowest BCUT2D eigenvalue weighted by Gasteiger charge is -2.33. The number of benzene rings is 1. The quantitative estimate of drug-likeness (QED) is 0.803. The van der Waals surface area contributed by atoms with E-state index in [2.05, 4.69) is 21.8 Å². The summed E-state index contributed by atoms with van der Waals surface area (Å²) in [4.78, 5) is 26.5. The molecule has 28 heavy (non-hydrogen) atoms. The highest BCUT2D eigenvalue weighted by atomic mass is 16.5. The molecule has 4 rings (SSSR count). The van der Waals surface area contributed by atoms with Gasteiger partial charge in [-0.2, -0.15) is 0 Å². The summed E-state index contributed by atoms with van der Waals surface area (Å²) in [7, 11) is 5.40. The van der Waals surface area contributed by atoms with Crippen molar-refractivity contribution in [3.63, 3.8) is 0 Å². The minimum atomic E-state index is 0.0381. The van der Waals surface area contributed by atoms with Crippen LogP contribution >= 0.6 is 0 Å². The fraction of sp³-hybridized carbons (Fsp3) is 0.476. The highest BCUT2D eigenvalue weighted by molar-refractivity contribution is 5.98. The van der Waals surface area contributed by atoms with Crippen molar-refractivity contribution in [2.24, 2.45) is 0 Å². The van der Waals surface area contributed by atoms with Crippen LogP contribution in [0.15, 0.2) is 24.4 Å². The predicted octanol–water partition coefficient (Wildman–Crippen LogP) is 2.16. The van der Waals surface area contributed by atoms with Gasteiger partial charge in [0.2, 0.25) is 5.95 Å². The summed E-state index contributed by atoms with van der Waals surface area (Å²) >= 11 is 0. The van der Waals surface area contributed by atoms with E-state index in [1.165, 1.54) is 0 Å². The first-order valence-electron chi connectivity index (χ1n) is 9.63. The van der Waals surface area contributed by atoms with Crippen molar-refractivity contribution in [2.45, 2.75) is 18.8 Å². The van der Waals surface area contributed by atoms with Crippen LogP contribution < -0.4 is 14.4 Å². The molecule has 7 nitrogen and oxygen atoms in total. The van der Waals surface area contributed by atoms with Crippen molar-refractivity contribution in [1.82, 2.24) is 14.9 Å². The number of anilines is 1. The number of hydrogen-bond donors (Lipinski definition) is 0. The lowest BCUT2D eigenvalue weighted by molar-refractivity contribution is 0.0962. The molecule has 1 aromatic carbocycles. The van der Waals surface area contributed by atoms with Crippen LogP contribution in [0.25, 0.3) is 0 Å². The molecular weight excluding hydrogens is 356 g/mol. The Bertz CT molecular complexity index is 878. The standard InChI is InChI=1S/C21H26N4O3/c1-24-6-8-25(9-7-24)21-22-13-17-18(23-21)10-14(11-19(17)26)16-5-4-15(27-2)12-20(16)28-3/h4-5,12-14H,6-11H2,1-3H3. The molecule has 0 bridgehead atoms. The molecule has 1 aromatic heterocycles. The fourth-order valence-electron chi connectivity index (χ4n) is 3.97. The Morgan fingerprint density at radius 3 is 2.57 bits per heavy atom. The fourth-order valence-corrected chi connectivity index (χ4v) is 3.97. The second-order valence-corrected chi connectivity index (χ2v) is 7.46. The third kappa shape index (κ3) is 3.54. The van der Waals surface area contributed by atoms with Gasteiger partial charge in [-0.25, -0.2) is 9.97 Å². The molecule has 1 saturated heterocycles. The maximum Gasteiger partial charge on any atom is 0.225 e. The second-order valence-electron chi connectivity index (χ2n) is 7.46. The Kier molecular flexibility index (Phi) is 5.17. The molecule has 0 N–H and O–H groups in total. The van der Waals surface area contributed by atoms with Crippen LogP contribution in [0.4, 0.5) is 5.95 Å². The number of ether oxygens (including phenoxy) is 2. The lowest BCUT2D eigenvalue weighted by atomic mass is 9.82. The molecule has 0 saturated carbocycles. The first-order valence-corrected chi connectivity index (χ1v) is 9.63. The summed E-state index contributed by atoms with van der Waals surface area (Å²) in [5.74, 6) is 2.34. The van der Waals surface area contributed by atoms with Gasteiger partial charge in [-0.05, 0) is 25.1 Å². The zero-order chi connectivity index (χ0) is 19.7. The number of piperazine rings is 1.